The lowest BCUT2D eigenvalue weighted by Gasteiger charge is -2.49. The third kappa shape index (κ3) is 3.23. The number of piperazine rings is 1. The molecule has 2 fully saturated rings. The topological polar surface area (TPSA) is 43.8 Å². The Labute approximate surface area is 110 Å². The summed E-state index contributed by atoms with van der Waals surface area (Å²) in [5.74, 6) is -0.664. The van der Waals surface area contributed by atoms with Crippen LogP contribution < -0.4 is 0 Å². The van der Waals surface area contributed by atoms with Gasteiger partial charge in [-0.1, -0.05) is 19.3 Å². The molecule has 1 aliphatic carbocycles. The van der Waals surface area contributed by atoms with Crippen molar-refractivity contribution in [3.63, 3.8) is 0 Å². The summed E-state index contributed by atoms with van der Waals surface area (Å²) >= 11 is 0. The first-order valence-electron chi connectivity index (χ1n) is 7.25. The first-order valence-corrected chi connectivity index (χ1v) is 7.25. The Kier molecular flexibility index (Phi) is 4.62. The molecule has 4 heteroatoms. The first-order chi connectivity index (χ1) is 8.58. The maximum atomic E-state index is 11.1. The van der Waals surface area contributed by atoms with E-state index in [9.17, 15) is 4.79 Å². The Morgan fingerprint density at radius 2 is 1.89 bits per heavy atom. The van der Waals surface area contributed by atoms with E-state index >= 15 is 0 Å². The molecule has 0 spiro atoms. The van der Waals surface area contributed by atoms with Gasteiger partial charge in [0.25, 0.3) is 0 Å². The van der Waals surface area contributed by atoms with E-state index in [1.165, 1.54) is 32.1 Å². The van der Waals surface area contributed by atoms with Crippen LogP contribution in [-0.2, 0) is 4.79 Å². The van der Waals surface area contributed by atoms with Crippen molar-refractivity contribution < 1.29 is 9.90 Å². The van der Waals surface area contributed by atoms with Gasteiger partial charge in [0.1, 0.15) is 0 Å². The van der Waals surface area contributed by atoms with E-state index in [0.29, 0.717) is 12.1 Å². The molecule has 2 atom stereocenters. The minimum absolute atomic E-state index is 0.194. The van der Waals surface area contributed by atoms with Crippen molar-refractivity contribution in [3.05, 3.63) is 0 Å². The molecule has 0 bridgehead atoms. The van der Waals surface area contributed by atoms with Gasteiger partial charge in [0, 0.05) is 31.2 Å². The van der Waals surface area contributed by atoms with Gasteiger partial charge < -0.3 is 10.0 Å². The van der Waals surface area contributed by atoms with Gasteiger partial charge in [-0.2, -0.15) is 0 Å². The Balaban J connectivity index is 2.07. The highest BCUT2D eigenvalue weighted by Crippen LogP contribution is 2.29. The first kappa shape index (κ1) is 13.8. The standard InChI is InChI=1S/C14H26N2O2/c1-11-9-15(2)10-13(8-14(17)18)16(11)12-6-4-3-5-7-12/h11-13H,3-10H2,1-2H3,(H,17,18). The molecule has 1 saturated carbocycles. The number of rotatable bonds is 3. The van der Waals surface area contributed by atoms with E-state index in [1.54, 1.807) is 0 Å². The number of carboxylic acids is 1. The Morgan fingerprint density at radius 3 is 2.50 bits per heavy atom. The maximum absolute atomic E-state index is 11.1. The molecule has 18 heavy (non-hydrogen) atoms. The van der Waals surface area contributed by atoms with Gasteiger partial charge in [-0.25, -0.2) is 0 Å². The molecule has 1 N–H and O–H groups in total. The Hall–Kier alpha value is -0.610. The van der Waals surface area contributed by atoms with Crippen molar-refractivity contribution in [1.82, 2.24) is 9.80 Å². The second-order valence-corrected chi connectivity index (χ2v) is 6.06. The fourth-order valence-corrected chi connectivity index (χ4v) is 3.84. The van der Waals surface area contributed by atoms with Gasteiger partial charge >= 0.3 is 5.97 Å². The van der Waals surface area contributed by atoms with Gasteiger partial charge in [0.2, 0.25) is 0 Å². The highest BCUT2D eigenvalue weighted by atomic mass is 16.4. The van der Waals surface area contributed by atoms with Crippen molar-refractivity contribution in [2.45, 2.75) is 63.6 Å². The minimum atomic E-state index is -0.664. The van der Waals surface area contributed by atoms with Crippen molar-refractivity contribution >= 4 is 5.97 Å². The van der Waals surface area contributed by atoms with Crippen LogP contribution in [0.3, 0.4) is 0 Å². The fourth-order valence-electron chi connectivity index (χ4n) is 3.84. The predicted octanol–water partition coefficient (Wildman–Crippen LogP) is 1.80. The molecule has 104 valence electrons. The normalized spacial score (nSPS) is 32.6. The number of likely N-dealkylation sites (N-methyl/N-ethyl adjacent to an activating group) is 1. The van der Waals surface area contributed by atoms with E-state index in [2.05, 4.69) is 23.8 Å². The number of carbonyl (C=O) groups is 1. The second kappa shape index (κ2) is 6.02. The van der Waals surface area contributed by atoms with Crippen LogP contribution in [0.4, 0.5) is 0 Å². The van der Waals surface area contributed by atoms with Gasteiger partial charge in [0.05, 0.1) is 6.42 Å². The van der Waals surface area contributed by atoms with Crippen molar-refractivity contribution in [2.75, 3.05) is 20.1 Å². The lowest BCUT2D eigenvalue weighted by molar-refractivity contribution is -0.140. The van der Waals surface area contributed by atoms with Gasteiger partial charge in [0.15, 0.2) is 0 Å². The zero-order chi connectivity index (χ0) is 13.1. The average Bonchev–Trinajstić information content (AvgIpc) is 2.28. The molecule has 1 saturated heterocycles. The van der Waals surface area contributed by atoms with Crippen LogP contribution in [0.2, 0.25) is 0 Å². The summed E-state index contributed by atoms with van der Waals surface area (Å²) in [6, 6.07) is 1.29. The van der Waals surface area contributed by atoms with Crippen molar-refractivity contribution in [2.24, 2.45) is 0 Å². The van der Waals surface area contributed by atoms with E-state index in [1.807, 2.05) is 0 Å². The number of nitrogens with zero attached hydrogens (tertiary/aromatic N) is 2. The molecular weight excluding hydrogens is 228 g/mol. The third-order valence-corrected chi connectivity index (χ3v) is 4.44. The van der Waals surface area contributed by atoms with Crippen molar-refractivity contribution in [1.29, 1.82) is 0 Å². The van der Waals surface area contributed by atoms with E-state index in [-0.39, 0.29) is 12.5 Å². The summed E-state index contributed by atoms with van der Waals surface area (Å²) in [7, 11) is 2.10. The zero-order valence-corrected chi connectivity index (χ0v) is 11.6. The Bertz CT molecular complexity index is 290. The van der Waals surface area contributed by atoms with Crippen molar-refractivity contribution in [3.8, 4) is 0 Å². The molecule has 0 aromatic heterocycles. The highest BCUT2D eigenvalue weighted by molar-refractivity contribution is 5.67. The molecule has 0 radical (unpaired) electrons. The summed E-state index contributed by atoms with van der Waals surface area (Å²) in [4.78, 5) is 15.9. The number of hydrogen-bond acceptors (Lipinski definition) is 3. The molecule has 2 unspecified atom stereocenters. The molecular formula is C14H26N2O2. The predicted molar refractivity (Wildman–Crippen MR) is 71.7 cm³/mol. The van der Waals surface area contributed by atoms with Crippen LogP contribution in [0.25, 0.3) is 0 Å². The average molecular weight is 254 g/mol. The monoisotopic (exact) mass is 254 g/mol. The molecule has 2 rings (SSSR count). The fraction of sp³-hybridized carbons (Fsp3) is 0.929. The van der Waals surface area contributed by atoms with E-state index in [0.717, 1.165) is 13.1 Å². The van der Waals surface area contributed by atoms with Gasteiger partial charge in [-0.15, -0.1) is 0 Å². The number of aliphatic carboxylic acids is 1. The van der Waals surface area contributed by atoms with Crippen LogP contribution in [-0.4, -0.2) is 59.1 Å². The second-order valence-electron chi connectivity index (χ2n) is 6.06. The third-order valence-electron chi connectivity index (χ3n) is 4.44. The SMILES string of the molecule is CC1CN(C)CC(CC(=O)O)N1C1CCCCC1. The summed E-state index contributed by atoms with van der Waals surface area (Å²) in [6.07, 6.45) is 6.76. The van der Waals surface area contributed by atoms with Gasteiger partial charge in [-0.05, 0) is 26.8 Å². The molecule has 1 heterocycles. The van der Waals surface area contributed by atoms with E-state index < -0.39 is 5.97 Å². The van der Waals surface area contributed by atoms with Crippen LogP contribution in [0.5, 0.6) is 0 Å². The Morgan fingerprint density at radius 1 is 1.22 bits per heavy atom. The van der Waals surface area contributed by atoms with Crippen LogP contribution in [0.15, 0.2) is 0 Å². The minimum Gasteiger partial charge on any atom is -0.481 e. The summed E-state index contributed by atoms with van der Waals surface area (Å²) in [6.45, 7) is 4.21. The molecule has 1 aliphatic heterocycles. The smallest absolute Gasteiger partial charge is 0.304 e. The van der Waals surface area contributed by atoms with Crippen LogP contribution in [0.1, 0.15) is 45.4 Å². The maximum Gasteiger partial charge on any atom is 0.304 e. The van der Waals surface area contributed by atoms with Gasteiger partial charge in [-0.3, -0.25) is 9.69 Å². The van der Waals surface area contributed by atoms with E-state index in [4.69, 9.17) is 5.11 Å². The molecule has 0 amide bonds. The number of hydrogen-bond donors (Lipinski definition) is 1. The number of carboxylic acid groups (broad SMARTS) is 1. The summed E-state index contributed by atoms with van der Waals surface area (Å²) < 4.78 is 0. The van der Waals surface area contributed by atoms with Crippen LogP contribution >= 0.6 is 0 Å². The highest BCUT2D eigenvalue weighted by Gasteiger charge is 2.36. The lowest BCUT2D eigenvalue weighted by atomic mass is 9.90. The van der Waals surface area contributed by atoms with Crippen LogP contribution in [0, 0.1) is 0 Å². The lowest BCUT2D eigenvalue weighted by Crippen LogP contribution is -2.60. The largest absolute Gasteiger partial charge is 0.481 e. The molecule has 0 aromatic rings. The molecule has 4 nitrogen and oxygen atoms in total. The summed E-state index contributed by atoms with van der Waals surface area (Å²) in [5.41, 5.74) is 0. The molecule has 2 aliphatic rings. The zero-order valence-electron chi connectivity index (χ0n) is 11.6. The summed E-state index contributed by atoms with van der Waals surface area (Å²) in [5, 5.41) is 9.11. The quantitative estimate of drug-likeness (QED) is 0.834. The molecule has 0 aromatic carbocycles.